The highest BCUT2D eigenvalue weighted by Gasteiger charge is 2.26. The molecule has 1 fully saturated rings. The summed E-state index contributed by atoms with van der Waals surface area (Å²) in [7, 11) is -3.24. The first-order valence-corrected chi connectivity index (χ1v) is 14.2. The number of anilines is 2. The maximum absolute atomic E-state index is 12.6. The van der Waals surface area contributed by atoms with Crippen LogP contribution in [0.4, 0.5) is 11.5 Å². The van der Waals surface area contributed by atoms with Crippen molar-refractivity contribution in [2.24, 2.45) is 0 Å². The first-order valence-electron chi connectivity index (χ1n) is 12.3. The van der Waals surface area contributed by atoms with Crippen molar-refractivity contribution >= 4 is 27.2 Å². The van der Waals surface area contributed by atoms with Crippen molar-refractivity contribution in [2.45, 2.75) is 43.1 Å². The highest BCUT2D eigenvalue weighted by atomic mass is 32.2. The maximum atomic E-state index is 12.6. The van der Waals surface area contributed by atoms with Crippen molar-refractivity contribution in [3.05, 3.63) is 72.1 Å². The molecule has 0 atom stereocenters. The standard InChI is InChI=1S/C27H30N4O4S/c1-36(33,34)23-8-9-24-21(17-23)11-16-31(24)25-18-26(29-19-28-25)35-22-12-14-30(15-13-22)27(32)10-7-20-5-3-2-4-6-20/h2-6,8-9,17-19,22H,7,10-16H2,1H3. The van der Waals surface area contributed by atoms with Gasteiger partial charge in [0, 0.05) is 56.9 Å². The molecular formula is C27H30N4O4S. The number of rotatable bonds is 7. The molecule has 8 nitrogen and oxygen atoms in total. The second-order valence-electron chi connectivity index (χ2n) is 9.36. The van der Waals surface area contributed by atoms with Crippen molar-refractivity contribution in [3.8, 4) is 5.88 Å². The minimum Gasteiger partial charge on any atom is -0.474 e. The minimum atomic E-state index is -3.24. The Balaban J connectivity index is 1.17. The third-order valence-electron chi connectivity index (χ3n) is 6.83. The number of hydrogen-bond acceptors (Lipinski definition) is 7. The number of aryl methyl sites for hydroxylation is 1. The molecule has 5 rings (SSSR count). The number of amides is 1. The van der Waals surface area contributed by atoms with Crippen molar-refractivity contribution in [1.82, 2.24) is 14.9 Å². The van der Waals surface area contributed by atoms with E-state index in [1.807, 2.05) is 35.2 Å². The van der Waals surface area contributed by atoms with Gasteiger partial charge in [-0.05, 0) is 42.2 Å². The van der Waals surface area contributed by atoms with Crippen LogP contribution in [0.5, 0.6) is 5.88 Å². The molecule has 0 spiro atoms. The number of aromatic nitrogens is 2. The van der Waals surface area contributed by atoms with E-state index in [0.717, 1.165) is 42.8 Å². The largest absolute Gasteiger partial charge is 0.474 e. The monoisotopic (exact) mass is 506 g/mol. The van der Waals surface area contributed by atoms with Gasteiger partial charge in [0.1, 0.15) is 18.2 Å². The predicted octanol–water partition coefficient (Wildman–Crippen LogP) is 3.58. The number of fused-ring (bicyclic) bond motifs is 1. The van der Waals surface area contributed by atoms with Crippen LogP contribution >= 0.6 is 0 Å². The minimum absolute atomic E-state index is 0.00546. The zero-order valence-electron chi connectivity index (χ0n) is 20.3. The Hall–Kier alpha value is -3.46. The van der Waals surface area contributed by atoms with E-state index in [0.29, 0.717) is 36.8 Å². The average molecular weight is 507 g/mol. The number of ether oxygens (including phenoxy) is 1. The van der Waals surface area contributed by atoms with Gasteiger partial charge in [0.2, 0.25) is 11.8 Å². The summed E-state index contributed by atoms with van der Waals surface area (Å²) in [6.45, 7) is 2.07. The molecule has 36 heavy (non-hydrogen) atoms. The molecule has 0 saturated carbocycles. The molecule has 3 heterocycles. The summed E-state index contributed by atoms with van der Waals surface area (Å²) in [5.41, 5.74) is 3.12. The number of benzene rings is 2. The third-order valence-corrected chi connectivity index (χ3v) is 7.94. The Morgan fingerprint density at radius 3 is 2.56 bits per heavy atom. The van der Waals surface area contributed by atoms with E-state index in [9.17, 15) is 13.2 Å². The third kappa shape index (κ3) is 5.51. The van der Waals surface area contributed by atoms with Gasteiger partial charge in [-0.2, -0.15) is 0 Å². The van der Waals surface area contributed by atoms with E-state index in [1.54, 1.807) is 12.1 Å². The fourth-order valence-electron chi connectivity index (χ4n) is 4.84. The van der Waals surface area contributed by atoms with Crippen molar-refractivity contribution in [1.29, 1.82) is 0 Å². The smallest absolute Gasteiger partial charge is 0.222 e. The topological polar surface area (TPSA) is 92.7 Å². The van der Waals surface area contributed by atoms with Crippen LogP contribution in [-0.4, -0.2) is 61.2 Å². The van der Waals surface area contributed by atoms with Crippen molar-refractivity contribution in [2.75, 3.05) is 30.8 Å². The summed E-state index contributed by atoms with van der Waals surface area (Å²) in [5.74, 6) is 1.42. The molecule has 2 aromatic carbocycles. The van der Waals surface area contributed by atoms with Crippen LogP contribution in [0, 0.1) is 0 Å². The normalized spacial score (nSPS) is 16.1. The summed E-state index contributed by atoms with van der Waals surface area (Å²) in [5, 5.41) is 0. The van der Waals surface area contributed by atoms with Gasteiger partial charge >= 0.3 is 0 Å². The van der Waals surface area contributed by atoms with Crippen LogP contribution < -0.4 is 9.64 Å². The Kier molecular flexibility index (Phi) is 6.91. The first-order chi connectivity index (χ1) is 17.4. The predicted molar refractivity (Wildman–Crippen MR) is 137 cm³/mol. The Morgan fingerprint density at radius 1 is 1.03 bits per heavy atom. The number of carbonyl (C=O) groups excluding carboxylic acids is 1. The summed E-state index contributed by atoms with van der Waals surface area (Å²) >= 11 is 0. The number of sulfone groups is 1. The highest BCUT2D eigenvalue weighted by molar-refractivity contribution is 7.90. The van der Waals surface area contributed by atoms with Gasteiger partial charge in [0.05, 0.1) is 4.90 Å². The summed E-state index contributed by atoms with van der Waals surface area (Å²) in [6, 6.07) is 17.1. The first kappa shape index (κ1) is 24.2. The molecule has 1 aromatic heterocycles. The molecule has 2 aliphatic rings. The SMILES string of the molecule is CS(=O)(=O)c1ccc2c(c1)CCN2c1cc(OC2CCN(C(=O)CCc3ccccc3)CC2)ncn1. The zero-order chi connectivity index (χ0) is 25.1. The summed E-state index contributed by atoms with van der Waals surface area (Å²) in [4.78, 5) is 25.7. The van der Waals surface area contributed by atoms with Crippen LogP contribution in [0.15, 0.2) is 65.8 Å². The quantitative estimate of drug-likeness (QED) is 0.484. The van der Waals surface area contributed by atoms with Crippen LogP contribution in [0.1, 0.15) is 30.4 Å². The van der Waals surface area contributed by atoms with Crippen LogP contribution in [0.2, 0.25) is 0 Å². The number of likely N-dealkylation sites (tertiary alicyclic amines) is 1. The van der Waals surface area contributed by atoms with Crippen molar-refractivity contribution in [3.63, 3.8) is 0 Å². The maximum Gasteiger partial charge on any atom is 0.222 e. The lowest BCUT2D eigenvalue weighted by Gasteiger charge is -2.32. The molecule has 3 aromatic rings. The van der Waals surface area contributed by atoms with Gasteiger partial charge in [-0.3, -0.25) is 4.79 Å². The van der Waals surface area contributed by atoms with Crippen LogP contribution in [0.3, 0.4) is 0 Å². The second-order valence-corrected chi connectivity index (χ2v) is 11.4. The Bertz CT molecular complexity index is 1340. The average Bonchev–Trinajstić information content (AvgIpc) is 3.31. The van der Waals surface area contributed by atoms with E-state index in [1.165, 1.54) is 18.1 Å². The number of hydrogen-bond donors (Lipinski definition) is 0. The number of carbonyl (C=O) groups is 1. The van der Waals surface area contributed by atoms with Crippen LogP contribution in [-0.2, 0) is 27.5 Å². The lowest BCUT2D eigenvalue weighted by molar-refractivity contribution is -0.132. The molecule has 0 N–H and O–H groups in total. The molecule has 0 aliphatic carbocycles. The van der Waals surface area contributed by atoms with E-state index in [-0.39, 0.29) is 12.0 Å². The molecule has 1 saturated heterocycles. The molecule has 2 aliphatic heterocycles. The molecular weight excluding hydrogens is 476 g/mol. The van der Waals surface area contributed by atoms with E-state index >= 15 is 0 Å². The molecule has 9 heteroatoms. The molecule has 188 valence electrons. The summed E-state index contributed by atoms with van der Waals surface area (Å²) < 4.78 is 30.0. The zero-order valence-corrected chi connectivity index (χ0v) is 21.2. The van der Waals surface area contributed by atoms with Gasteiger partial charge in [-0.15, -0.1) is 0 Å². The van der Waals surface area contributed by atoms with E-state index in [2.05, 4.69) is 27.0 Å². The van der Waals surface area contributed by atoms with Gasteiger partial charge in [0.15, 0.2) is 9.84 Å². The molecule has 0 unspecified atom stereocenters. The van der Waals surface area contributed by atoms with Gasteiger partial charge in [-0.25, -0.2) is 18.4 Å². The van der Waals surface area contributed by atoms with Crippen molar-refractivity contribution < 1.29 is 17.9 Å². The fraction of sp³-hybridized carbons (Fsp3) is 0.370. The number of nitrogens with zero attached hydrogens (tertiary/aromatic N) is 4. The lowest BCUT2D eigenvalue weighted by Crippen LogP contribution is -2.42. The Morgan fingerprint density at radius 2 is 1.81 bits per heavy atom. The van der Waals surface area contributed by atoms with E-state index < -0.39 is 9.84 Å². The number of piperidine rings is 1. The van der Waals surface area contributed by atoms with Gasteiger partial charge in [0.25, 0.3) is 0 Å². The van der Waals surface area contributed by atoms with Gasteiger partial charge < -0.3 is 14.5 Å². The second kappa shape index (κ2) is 10.3. The molecule has 0 bridgehead atoms. The highest BCUT2D eigenvalue weighted by Crippen LogP contribution is 2.35. The summed E-state index contributed by atoms with van der Waals surface area (Å²) in [6.07, 6.45) is 6.26. The van der Waals surface area contributed by atoms with Gasteiger partial charge in [-0.1, -0.05) is 30.3 Å². The molecule has 0 radical (unpaired) electrons. The van der Waals surface area contributed by atoms with Crippen LogP contribution in [0.25, 0.3) is 0 Å². The lowest BCUT2D eigenvalue weighted by atomic mass is 10.1. The van der Waals surface area contributed by atoms with E-state index in [4.69, 9.17) is 4.74 Å². The molecule has 1 amide bonds. The Labute approximate surface area is 211 Å². The fourth-order valence-corrected chi connectivity index (χ4v) is 5.51.